The van der Waals surface area contributed by atoms with Gasteiger partial charge in [-0.25, -0.2) is 0 Å². The highest BCUT2D eigenvalue weighted by Gasteiger charge is 2.31. The summed E-state index contributed by atoms with van der Waals surface area (Å²) in [6.07, 6.45) is 5.35. The summed E-state index contributed by atoms with van der Waals surface area (Å²) in [5, 5.41) is 15.6. The first-order valence-corrected chi connectivity index (χ1v) is 6.95. The highest BCUT2D eigenvalue weighted by molar-refractivity contribution is 5.92. The van der Waals surface area contributed by atoms with Gasteiger partial charge in [0.25, 0.3) is 0 Å². The monoisotopic (exact) mass is 262 g/mol. The lowest BCUT2D eigenvalue weighted by Crippen LogP contribution is -2.52. The first kappa shape index (κ1) is 14.0. The molecule has 1 aromatic carbocycles. The van der Waals surface area contributed by atoms with Gasteiger partial charge in [0, 0.05) is 11.2 Å². The maximum atomic E-state index is 11.9. The Morgan fingerprint density at radius 1 is 1.16 bits per heavy atom. The normalized spacial score (nSPS) is 17.9. The fourth-order valence-electron chi connectivity index (χ4n) is 2.61. The minimum atomic E-state index is -0.258. The lowest BCUT2D eigenvalue weighted by atomic mass is 9.82. The molecule has 0 atom stereocenters. The van der Waals surface area contributed by atoms with Crippen molar-refractivity contribution >= 4 is 11.6 Å². The molecule has 2 rings (SSSR count). The van der Waals surface area contributed by atoms with E-state index in [4.69, 9.17) is 0 Å². The van der Waals surface area contributed by atoms with Crippen molar-refractivity contribution in [3.8, 4) is 0 Å². The Hall–Kier alpha value is -1.39. The smallest absolute Gasteiger partial charge is 0.238 e. The van der Waals surface area contributed by atoms with Crippen LogP contribution >= 0.6 is 0 Å². The second-order valence-electron chi connectivity index (χ2n) is 5.27. The number of nitrogens with one attached hydrogen (secondary N) is 2. The first-order chi connectivity index (χ1) is 9.24. The van der Waals surface area contributed by atoms with E-state index in [1.807, 2.05) is 30.3 Å². The van der Waals surface area contributed by atoms with Gasteiger partial charge in [0.2, 0.25) is 5.91 Å². The van der Waals surface area contributed by atoms with Crippen LogP contribution in [0.25, 0.3) is 0 Å². The number of aliphatic hydroxyl groups excluding tert-OH is 1. The molecule has 1 amide bonds. The van der Waals surface area contributed by atoms with Crippen LogP contribution in [0.1, 0.15) is 32.1 Å². The van der Waals surface area contributed by atoms with Crippen LogP contribution in [0.5, 0.6) is 0 Å². The van der Waals surface area contributed by atoms with Crippen molar-refractivity contribution < 1.29 is 9.90 Å². The molecule has 1 saturated carbocycles. The molecule has 4 heteroatoms. The van der Waals surface area contributed by atoms with Crippen molar-refractivity contribution in [3.05, 3.63) is 30.3 Å². The largest absolute Gasteiger partial charge is 0.394 e. The van der Waals surface area contributed by atoms with Crippen LogP contribution in [0.4, 0.5) is 5.69 Å². The number of amides is 1. The molecule has 0 spiro atoms. The molecule has 0 bridgehead atoms. The first-order valence-electron chi connectivity index (χ1n) is 6.95. The minimum absolute atomic E-state index is 0.0652. The van der Waals surface area contributed by atoms with Gasteiger partial charge < -0.3 is 15.7 Å². The van der Waals surface area contributed by atoms with E-state index in [1.54, 1.807) is 0 Å². The molecule has 1 aliphatic carbocycles. The van der Waals surface area contributed by atoms with Crippen LogP contribution in [0.2, 0.25) is 0 Å². The summed E-state index contributed by atoms with van der Waals surface area (Å²) in [6.45, 7) is 0.348. The molecular weight excluding hydrogens is 240 g/mol. The van der Waals surface area contributed by atoms with E-state index in [1.165, 1.54) is 6.42 Å². The number of para-hydroxylation sites is 1. The van der Waals surface area contributed by atoms with Gasteiger partial charge in [-0.15, -0.1) is 0 Å². The van der Waals surface area contributed by atoms with Crippen LogP contribution in [-0.2, 0) is 4.79 Å². The van der Waals surface area contributed by atoms with Crippen LogP contribution in [0.3, 0.4) is 0 Å². The van der Waals surface area contributed by atoms with Crippen molar-refractivity contribution in [1.29, 1.82) is 0 Å². The summed E-state index contributed by atoms with van der Waals surface area (Å²) in [7, 11) is 0. The summed E-state index contributed by atoms with van der Waals surface area (Å²) in [5.41, 5.74) is 0.544. The number of hydrogen-bond acceptors (Lipinski definition) is 3. The zero-order valence-corrected chi connectivity index (χ0v) is 11.2. The van der Waals surface area contributed by atoms with Crippen LogP contribution in [-0.4, -0.2) is 29.7 Å². The van der Waals surface area contributed by atoms with E-state index in [0.29, 0.717) is 0 Å². The van der Waals surface area contributed by atoms with Crippen molar-refractivity contribution in [2.45, 2.75) is 37.6 Å². The van der Waals surface area contributed by atoms with Crippen molar-refractivity contribution in [2.75, 3.05) is 18.5 Å². The topological polar surface area (TPSA) is 61.4 Å². The average Bonchev–Trinajstić information content (AvgIpc) is 2.47. The molecule has 0 saturated heterocycles. The third-order valence-corrected chi connectivity index (χ3v) is 3.79. The number of hydrogen-bond donors (Lipinski definition) is 3. The van der Waals surface area contributed by atoms with E-state index in [0.717, 1.165) is 31.4 Å². The third kappa shape index (κ3) is 4.04. The Bertz CT molecular complexity index is 400. The maximum Gasteiger partial charge on any atom is 0.238 e. The predicted octanol–water partition coefficient (Wildman–Crippen LogP) is 1.91. The number of carbonyl (C=O) groups excluding carboxylic acids is 1. The fourth-order valence-corrected chi connectivity index (χ4v) is 2.61. The Morgan fingerprint density at radius 2 is 1.84 bits per heavy atom. The average molecular weight is 262 g/mol. The number of benzene rings is 1. The molecule has 1 aliphatic rings. The van der Waals surface area contributed by atoms with Crippen molar-refractivity contribution in [2.24, 2.45) is 0 Å². The van der Waals surface area contributed by atoms with Crippen LogP contribution in [0.15, 0.2) is 30.3 Å². The lowest BCUT2D eigenvalue weighted by Gasteiger charge is -2.36. The second kappa shape index (κ2) is 6.68. The van der Waals surface area contributed by atoms with Crippen LogP contribution < -0.4 is 10.6 Å². The molecule has 0 heterocycles. The number of rotatable bonds is 5. The van der Waals surface area contributed by atoms with Gasteiger partial charge in [-0.05, 0) is 25.0 Å². The highest BCUT2D eigenvalue weighted by Crippen LogP contribution is 2.27. The van der Waals surface area contributed by atoms with Gasteiger partial charge >= 0.3 is 0 Å². The van der Waals surface area contributed by atoms with Crippen molar-refractivity contribution in [1.82, 2.24) is 5.32 Å². The van der Waals surface area contributed by atoms with Gasteiger partial charge in [0.15, 0.2) is 0 Å². The molecule has 3 N–H and O–H groups in total. The van der Waals surface area contributed by atoms with Gasteiger partial charge in [-0.2, -0.15) is 0 Å². The van der Waals surface area contributed by atoms with E-state index < -0.39 is 0 Å². The zero-order chi connectivity index (χ0) is 13.6. The second-order valence-corrected chi connectivity index (χ2v) is 5.27. The molecule has 4 nitrogen and oxygen atoms in total. The SMILES string of the molecule is O=C(CNC1(CO)CCCCC1)Nc1ccccc1. The molecule has 0 aromatic heterocycles. The minimum Gasteiger partial charge on any atom is -0.394 e. The van der Waals surface area contributed by atoms with Gasteiger partial charge in [-0.3, -0.25) is 4.79 Å². The van der Waals surface area contributed by atoms with E-state index in [-0.39, 0.29) is 24.6 Å². The quantitative estimate of drug-likeness (QED) is 0.759. The molecule has 0 radical (unpaired) electrons. The number of aliphatic hydroxyl groups is 1. The maximum absolute atomic E-state index is 11.9. The van der Waals surface area contributed by atoms with Gasteiger partial charge in [-0.1, -0.05) is 37.5 Å². The summed E-state index contributed by atoms with van der Waals surface area (Å²) < 4.78 is 0. The zero-order valence-electron chi connectivity index (χ0n) is 11.2. The highest BCUT2D eigenvalue weighted by atomic mass is 16.3. The molecule has 104 valence electrons. The van der Waals surface area contributed by atoms with E-state index in [2.05, 4.69) is 10.6 Å². The number of anilines is 1. The Balaban J connectivity index is 1.82. The fraction of sp³-hybridized carbons (Fsp3) is 0.533. The Kier molecular flexibility index (Phi) is 4.93. The van der Waals surface area contributed by atoms with Gasteiger partial charge in [0.05, 0.1) is 13.2 Å². The van der Waals surface area contributed by atoms with Crippen molar-refractivity contribution in [3.63, 3.8) is 0 Å². The molecule has 0 aliphatic heterocycles. The standard InChI is InChI=1S/C15H22N2O2/c18-12-15(9-5-2-6-10-15)16-11-14(19)17-13-7-3-1-4-8-13/h1,3-4,7-8,16,18H,2,5-6,9-12H2,(H,17,19). The molecule has 1 aromatic rings. The molecule has 19 heavy (non-hydrogen) atoms. The van der Waals surface area contributed by atoms with Gasteiger partial charge in [0.1, 0.15) is 0 Å². The number of carbonyl (C=O) groups is 1. The van der Waals surface area contributed by atoms with E-state index >= 15 is 0 Å². The summed E-state index contributed by atoms with van der Waals surface area (Å²) in [6, 6.07) is 9.41. The third-order valence-electron chi connectivity index (χ3n) is 3.79. The van der Waals surface area contributed by atoms with E-state index in [9.17, 15) is 9.90 Å². The summed E-state index contributed by atoms with van der Waals surface area (Å²) >= 11 is 0. The predicted molar refractivity (Wildman–Crippen MR) is 76.0 cm³/mol. The molecule has 1 fully saturated rings. The van der Waals surface area contributed by atoms with Crippen LogP contribution in [0, 0.1) is 0 Å². The molecular formula is C15H22N2O2. The lowest BCUT2D eigenvalue weighted by molar-refractivity contribution is -0.116. The molecule has 0 unspecified atom stereocenters. The summed E-state index contributed by atoms with van der Waals surface area (Å²) in [4.78, 5) is 11.9. The Labute approximate surface area is 114 Å². The summed E-state index contributed by atoms with van der Waals surface area (Å²) in [5.74, 6) is -0.0652. The Morgan fingerprint density at radius 3 is 2.47 bits per heavy atom.